The van der Waals surface area contributed by atoms with Crippen LogP contribution < -0.4 is 5.32 Å². The highest BCUT2D eigenvalue weighted by Crippen LogP contribution is 2.29. The summed E-state index contributed by atoms with van der Waals surface area (Å²) in [6, 6.07) is 8.33. The Bertz CT molecular complexity index is 611. The van der Waals surface area contributed by atoms with Crippen LogP contribution >= 0.6 is 23.2 Å². The maximum absolute atomic E-state index is 13.5. The fourth-order valence-corrected chi connectivity index (χ4v) is 2.46. The Labute approximate surface area is 132 Å². The van der Waals surface area contributed by atoms with Crippen molar-refractivity contribution >= 4 is 23.2 Å². The molecule has 1 nitrogen and oxygen atoms in total. The molecular weight excluding hydrogens is 315 g/mol. The second-order valence-electron chi connectivity index (χ2n) is 4.76. The third-order valence-electron chi connectivity index (χ3n) is 3.09. The second-order valence-corrected chi connectivity index (χ2v) is 5.58. The molecule has 0 fully saturated rings. The number of hydrogen-bond donors (Lipinski definition) is 1. The summed E-state index contributed by atoms with van der Waals surface area (Å²) in [7, 11) is 0. The van der Waals surface area contributed by atoms with Gasteiger partial charge in [-0.15, -0.1) is 0 Å². The van der Waals surface area contributed by atoms with Gasteiger partial charge in [0.15, 0.2) is 0 Å². The van der Waals surface area contributed by atoms with Crippen LogP contribution in [0, 0.1) is 11.6 Å². The van der Waals surface area contributed by atoms with E-state index in [1.165, 1.54) is 12.1 Å². The van der Waals surface area contributed by atoms with E-state index in [4.69, 9.17) is 23.2 Å². The Morgan fingerprint density at radius 3 is 2.19 bits per heavy atom. The summed E-state index contributed by atoms with van der Waals surface area (Å²) in [6.45, 7) is 2.73. The molecule has 0 saturated carbocycles. The normalized spacial score (nSPS) is 12.4. The molecule has 2 aromatic carbocycles. The summed E-state index contributed by atoms with van der Waals surface area (Å²) < 4.78 is 26.9. The van der Waals surface area contributed by atoms with E-state index < -0.39 is 11.6 Å². The van der Waals surface area contributed by atoms with Crippen LogP contribution in [-0.4, -0.2) is 6.54 Å². The predicted octanol–water partition coefficient (Wildman–Crippen LogP) is 5.36. The highest BCUT2D eigenvalue weighted by Gasteiger charge is 2.16. The van der Waals surface area contributed by atoms with E-state index in [0.717, 1.165) is 18.1 Å². The van der Waals surface area contributed by atoms with E-state index in [9.17, 15) is 8.78 Å². The second kappa shape index (κ2) is 7.21. The molecule has 0 aliphatic heterocycles. The van der Waals surface area contributed by atoms with Gasteiger partial charge in [0.05, 0.1) is 16.1 Å². The maximum Gasteiger partial charge on any atom is 0.126 e. The number of benzene rings is 2. The van der Waals surface area contributed by atoms with Crippen LogP contribution in [-0.2, 0) is 0 Å². The van der Waals surface area contributed by atoms with Crippen LogP contribution in [0.1, 0.15) is 30.5 Å². The maximum atomic E-state index is 13.5. The monoisotopic (exact) mass is 329 g/mol. The first-order valence-corrected chi connectivity index (χ1v) is 7.41. The van der Waals surface area contributed by atoms with Gasteiger partial charge in [-0.05, 0) is 48.4 Å². The fraction of sp³-hybridized carbons (Fsp3) is 0.250. The third kappa shape index (κ3) is 4.16. The van der Waals surface area contributed by atoms with Crippen molar-refractivity contribution in [3.63, 3.8) is 0 Å². The molecule has 0 bridgehead atoms. The molecule has 21 heavy (non-hydrogen) atoms. The van der Waals surface area contributed by atoms with Crippen LogP contribution in [0.25, 0.3) is 0 Å². The minimum atomic E-state index is -0.603. The average Bonchev–Trinajstić information content (AvgIpc) is 2.42. The van der Waals surface area contributed by atoms with Crippen LogP contribution in [0.15, 0.2) is 36.4 Å². The topological polar surface area (TPSA) is 12.0 Å². The number of hydrogen-bond acceptors (Lipinski definition) is 1. The van der Waals surface area contributed by atoms with Gasteiger partial charge in [-0.1, -0.05) is 36.2 Å². The molecule has 1 atom stereocenters. The van der Waals surface area contributed by atoms with E-state index in [1.807, 2.05) is 6.92 Å². The Balaban J connectivity index is 2.43. The van der Waals surface area contributed by atoms with Gasteiger partial charge in [-0.25, -0.2) is 8.78 Å². The fourth-order valence-electron chi connectivity index (χ4n) is 2.15. The molecule has 0 amide bonds. The van der Waals surface area contributed by atoms with Crippen molar-refractivity contribution in [2.75, 3.05) is 6.54 Å². The predicted molar refractivity (Wildman–Crippen MR) is 83.0 cm³/mol. The van der Waals surface area contributed by atoms with E-state index in [0.29, 0.717) is 22.2 Å². The molecule has 0 spiro atoms. The highest BCUT2D eigenvalue weighted by atomic mass is 35.5. The molecule has 1 N–H and O–H groups in total. The summed E-state index contributed by atoms with van der Waals surface area (Å²) in [5.74, 6) is -1.21. The number of halogens is 4. The van der Waals surface area contributed by atoms with Crippen LogP contribution in [0.2, 0.25) is 10.0 Å². The lowest BCUT2D eigenvalue weighted by atomic mass is 9.98. The number of nitrogens with one attached hydrogen (secondary N) is 1. The lowest BCUT2D eigenvalue weighted by Crippen LogP contribution is -2.23. The van der Waals surface area contributed by atoms with Gasteiger partial charge in [0.2, 0.25) is 0 Å². The van der Waals surface area contributed by atoms with Crippen molar-refractivity contribution in [3.05, 3.63) is 69.2 Å². The number of rotatable bonds is 5. The Kier molecular flexibility index (Phi) is 5.57. The molecule has 0 aliphatic rings. The molecule has 0 heterocycles. The molecule has 1 unspecified atom stereocenters. The Morgan fingerprint density at radius 1 is 0.952 bits per heavy atom. The zero-order valence-electron chi connectivity index (χ0n) is 11.5. The summed E-state index contributed by atoms with van der Waals surface area (Å²) in [5, 5.41) is 4.12. The lowest BCUT2D eigenvalue weighted by Gasteiger charge is -2.20. The largest absolute Gasteiger partial charge is 0.306 e. The molecule has 2 aromatic rings. The molecule has 0 saturated heterocycles. The van der Waals surface area contributed by atoms with Crippen molar-refractivity contribution in [2.45, 2.75) is 19.4 Å². The van der Waals surface area contributed by atoms with E-state index >= 15 is 0 Å². The summed E-state index contributed by atoms with van der Waals surface area (Å²) in [6.07, 6.45) is 0.898. The van der Waals surface area contributed by atoms with Crippen molar-refractivity contribution in [1.29, 1.82) is 0 Å². The van der Waals surface area contributed by atoms with Crippen LogP contribution in [0.4, 0.5) is 8.78 Å². The minimum absolute atomic E-state index is 0.343. The molecule has 112 valence electrons. The van der Waals surface area contributed by atoms with Gasteiger partial charge >= 0.3 is 0 Å². The van der Waals surface area contributed by atoms with Gasteiger partial charge in [0.25, 0.3) is 0 Å². The van der Waals surface area contributed by atoms with Gasteiger partial charge in [0, 0.05) is 6.07 Å². The first kappa shape index (κ1) is 16.2. The molecule has 2 rings (SSSR count). The Morgan fingerprint density at radius 2 is 1.62 bits per heavy atom. The van der Waals surface area contributed by atoms with E-state index in [2.05, 4.69) is 5.32 Å². The van der Waals surface area contributed by atoms with Gasteiger partial charge in [-0.2, -0.15) is 0 Å². The zero-order valence-corrected chi connectivity index (χ0v) is 13.0. The highest BCUT2D eigenvalue weighted by molar-refractivity contribution is 6.42. The average molecular weight is 330 g/mol. The van der Waals surface area contributed by atoms with E-state index in [-0.39, 0.29) is 6.04 Å². The lowest BCUT2D eigenvalue weighted by molar-refractivity contribution is 0.558. The first-order valence-electron chi connectivity index (χ1n) is 6.65. The van der Waals surface area contributed by atoms with Gasteiger partial charge < -0.3 is 5.32 Å². The first-order chi connectivity index (χ1) is 10.0. The third-order valence-corrected chi connectivity index (χ3v) is 3.83. The van der Waals surface area contributed by atoms with Gasteiger partial charge in [-0.3, -0.25) is 0 Å². The molecular formula is C16H15Cl2F2N. The molecule has 5 heteroatoms. The molecule has 0 aliphatic carbocycles. The van der Waals surface area contributed by atoms with Crippen molar-refractivity contribution in [2.24, 2.45) is 0 Å². The molecule has 0 radical (unpaired) electrons. The van der Waals surface area contributed by atoms with Gasteiger partial charge in [0.1, 0.15) is 11.6 Å². The summed E-state index contributed by atoms with van der Waals surface area (Å²) in [5.41, 5.74) is 1.32. The van der Waals surface area contributed by atoms with E-state index in [1.54, 1.807) is 18.2 Å². The van der Waals surface area contributed by atoms with Crippen LogP contribution in [0.5, 0.6) is 0 Å². The summed E-state index contributed by atoms with van der Waals surface area (Å²) in [4.78, 5) is 0. The molecule has 0 aromatic heterocycles. The van der Waals surface area contributed by atoms with Crippen molar-refractivity contribution in [3.8, 4) is 0 Å². The standard InChI is InChI=1S/C16H15Cl2F2N/c1-2-5-21-16(10-3-4-14(17)15(18)8-10)11-6-12(19)9-13(20)7-11/h3-4,6-9,16,21H,2,5H2,1H3. The Hall–Kier alpha value is -1.16. The zero-order chi connectivity index (χ0) is 15.4. The minimum Gasteiger partial charge on any atom is -0.306 e. The van der Waals surface area contributed by atoms with Crippen LogP contribution in [0.3, 0.4) is 0 Å². The summed E-state index contributed by atoms with van der Waals surface area (Å²) >= 11 is 11.9. The van der Waals surface area contributed by atoms with Crippen molar-refractivity contribution < 1.29 is 8.78 Å². The quantitative estimate of drug-likeness (QED) is 0.778. The van der Waals surface area contributed by atoms with Crippen molar-refractivity contribution in [1.82, 2.24) is 5.32 Å². The SMILES string of the molecule is CCCNC(c1cc(F)cc(F)c1)c1ccc(Cl)c(Cl)c1. The smallest absolute Gasteiger partial charge is 0.126 e.